The topological polar surface area (TPSA) is 42.2 Å². The van der Waals surface area contributed by atoms with Crippen molar-refractivity contribution in [2.24, 2.45) is 0 Å². The van der Waals surface area contributed by atoms with Crippen molar-refractivity contribution < 1.29 is 9.90 Å². The molecule has 1 aromatic carbocycles. The Morgan fingerprint density at radius 1 is 1.26 bits per heavy atom. The molecule has 0 amide bonds. The maximum Gasteiger partial charge on any atom is 0.303 e. The number of fused-ring (bicyclic) bond motifs is 1. The standard InChI is InChI=1S/C16H19NO2/c18-16(19)8-6-12-5-7-13-9-10-17(15(13)11-12)14-3-1-2-4-14/h5,7,9-11,14H,1-4,6,8H2,(H,18,19). The summed E-state index contributed by atoms with van der Waals surface area (Å²) >= 11 is 0. The van der Waals surface area contributed by atoms with Crippen LogP contribution in [0.1, 0.15) is 43.7 Å². The maximum atomic E-state index is 10.7. The zero-order chi connectivity index (χ0) is 13.2. The van der Waals surface area contributed by atoms with E-state index in [1.165, 1.54) is 36.6 Å². The third kappa shape index (κ3) is 2.50. The molecule has 1 aliphatic carbocycles. The number of aromatic nitrogens is 1. The Bertz CT molecular complexity index is 594. The molecule has 3 heteroatoms. The van der Waals surface area contributed by atoms with Crippen LogP contribution in [0.4, 0.5) is 0 Å². The first kappa shape index (κ1) is 12.3. The number of rotatable bonds is 4. The number of carbonyl (C=O) groups is 1. The second kappa shape index (κ2) is 5.08. The molecule has 3 nitrogen and oxygen atoms in total. The van der Waals surface area contributed by atoms with Crippen molar-refractivity contribution in [3.63, 3.8) is 0 Å². The van der Waals surface area contributed by atoms with Gasteiger partial charge >= 0.3 is 5.97 Å². The Balaban J connectivity index is 1.91. The largest absolute Gasteiger partial charge is 0.481 e. The smallest absolute Gasteiger partial charge is 0.303 e. The predicted octanol–water partition coefficient (Wildman–Crippen LogP) is 3.77. The van der Waals surface area contributed by atoms with Gasteiger partial charge in [0.15, 0.2) is 0 Å². The molecule has 2 aromatic rings. The average molecular weight is 257 g/mol. The average Bonchev–Trinajstić information content (AvgIpc) is 3.04. The summed E-state index contributed by atoms with van der Waals surface area (Å²) in [7, 11) is 0. The van der Waals surface area contributed by atoms with Crippen LogP contribution in [0.15, 0.2) is 30.5 Å². The highest BCUT2D eigenvalue weighted by Gasteiger charge is 2.18. The van der Waals surface area contributed by atoms with Crippen LogP contribution in [-0.4, -0.2) is 15.6 Å². The van der Waals surface area contributed by atoms with E-state index in [0.717, 1.165) is 5.56 Å². The minimum absolute atomic E-state index is 0.204. The molecule has 0 bridgehead atoms. The van der Waals surface area contributed by atoms with Gasteiger partial charge in [-0.15, -0.1) is 0 Å². The summed E-state index contributed by atoms with van der Waals surface area (Å²) in [5.41, 5.74) is 2.38. The van der Waals surface area contributed by atoms with Gasteiger partial charge in [-0.3, -0.25) is 4.79 Å². The second-order valence-corrected chi connectivity index (χ2v) is 5.45. The Morgan fingerprint density at radius 2 is 2.05 bits per heavy atom. The number of carboxylic acids is 1. The van der Waals surface area contributed by atoms with Crippen LogP contribution in [0.25, 0.3) is 10.9 Å². The van der Waals surface area contributed by atoms with E-state index in [1.807, 2.05) is 6.07 Å². The van der Waals surface area contributed by atoms with Crippen LogP contribution in [0, 0.1) is 0 Å². The Kier molecular flexibility index (Phi) is 3.28. The van der Waals surface area contributed by atoms with E-state index in [9.17, 15) is 4.79 Å². The second-order valence-electron chi connectivity index (χ2n) is 5.45. The summed E-state index contributed by atoms with van der Waals surface area (Å²) in [5, 5.41) is 10.0. The Morgan fingerprint density at radius 3 is 2.79 bits per heavy atom. The van der Waals surface area contributed by atoms with E-state index in [-0.39, 0.29) is 6.42 Å². The van der Waals surface area contributed by atoms with Gasteiger partial charge in [-0.2, -0.15) is 0 Å². The van der Waals surface area contributed by atoms with Crippen LogP contribution in [-0.2, 0) is 11.2 Å². The molecular weight excluding hydrogens is 238 g/mol. The van der Waals surface area contributed by atoms with E-state index in [4.69, 9.17) is 5.11 Å². The highest BCUT2D eigenvalue weighted by molar-refractivity contribution is 5.81. The number of aryl methyl sites for hydroxylation is 1. The lowest BCUT2D eigenvalue weighted by atomic mass is 10.1. The minimum Gasteiger partial charge on any atom is -0.481 e. The Hall–Kier alpha value is -1.77. The summed E-state index contributed by atoms with van der Waals surface area (Å²) in [5.74, 6) is -0.730. The highest BCUT2D eigenvalue weighted by atomic mass is 16.4. The van der Waals surface area contributed by atoms with E-state index in [1.54, 1.807) is 0 Å². The van der Waals surface area contributed by atoms with Crippen LogP contribution in [0.2, 0.25) is 0 Å². The first-order valence-corrected chi connectivity index (χ1v) is 7.05. The summed E-state index contributed by atoms with van der Waals surface area (Å²) in [6.07, 6.45) is 8.18. The van der Waals surface area contributed by atoms with Crippen molar-refractivity contribution >= 4 is 16.9 Å². The first-order chi connectivity index (χ1) is 9.24. The molecule has 0 spiro atoms. The molecule has 1 aromatic heterocycles. The number of benzene rings is 1. The molecule has 0 radical (unpaired) electrons. The summed E-state index contributed by atoms with van der Waals surface area (Å²) in [6, 6.07) is 9.11. The zero-order valence-electron chi connectivity index (χ0n) is 11.0. The molecule has 19 heavy (non-hydrogen) atoms. The minimum atomic E-state index is -0.730. The number of nitrogens with zero attached hydrogens (tertiary/aromatic N) is 1. The quantitative estimate of drug-likeness (QED) is 0.905. The molecule has 1 fully saturated rings. The van der Waals surface area contributed by atoms with E-state index in [0.29, 0.717) is 12.5 Å². The number of hydrogen-bond donors (Lipinski definition) is 1. The van der Waals surface area contributed by atoms with Crippen molar-refractivity contribution in [2.45, 2.75) is 44.6 Å². The van der Waals surface area contributed by atoms with Crippen LogP contribution < -0.4 is 0 Å². The summed E-state index contributed by atoms with van der Waals surface area (Å²) in [4.78, 5) is 10.7. The molecule has 3 rings (SSSR count). The highest BCUT2D eigenvalue weighted by Crippen LogP contribution is 2.33. The maximum absolute atomic E-state index is 10.7. The number of aliphatic carboxylic acids is 1. The normalized spacial score (nSPS) is 16.2. The van der Waals surface area contributed by atoms with Gasteiger partial charge < -0.3 is 9.67 Å². The number of hydrogen-bond acceptors (Lipinski definition) is 1. The SMILES string of the molecule is O=C(O)CCc1ccc2ccn(C3CCCC3)c2c1. The lowest BCUT2D eigenvalue weighted by Gasteiger charge is -2.13. The van der Waals surface area contributed by atoms with Gasteiger partial charge in [0, 0.05) is 24.2 Å². The molecule has 0 aliphatic heterocycles. The summed E-state index contributed by atoms with van der Waals surface area (Å²) in [6.45, 7) is 0. The fraction of sp³-hybridized carbons (Fsp3) is 0.438. The lowest BCUT2D eigenvalue weighted by Crippen LogP contribution is -2.03. The van der Waals surface area contributed by atoms with Gasteiger partial charge in [0.25, 0.3) is 0 Å². The van der Waals surface area contributed by atoms with E-state index in [2.05, 4.69) is 29.0 Å². The van der Waals surface area contributed by atoms with Gasteiger partial charge in [0.2, 0.25) is 0 Å². The van der Waals surface area contributed by atoms with E-state index < -0.39 is 5.97 Å². The Labute approximate surface area is 112 Å². The van der Waals surface area contributed by atoms with Gasteiger partial charge in [0.05, 0.1) is 0 Å². The molecule has 1 saturated carbocycles. The van der Waals surface area contributed by atoms with Crippen molar-refractivity contribution in [3.05, 3.63) is 36.0 Å². The molecule has 100 valence electrons. The van der Waals surface area contributed by atoms with Gasteiger partial charge in [-0.1, -0.05) is 25.0 Å². The fourth-order valence-electron chi connectivity index (χ4n) is 3.10. The van der Waals surface area contributed by atoms with Crippen molar-refractivity contribution in [3.8, 4) is 0 Å². The van der Waals surface area contributed by atoms with Crippen LogP contribution >= 0.6 is 0 Å². The molecule has 0 unspecified atom stereocenters. The fourth-order valence-corrected chi connectivity index (χ4v) is 3.10. The van der Waals surface area contributed by atoms with Crippen LogP contribution in [0.5, 0.6) is 0 Å². The monoisotopic (exact) mass is 257 g/mol. The van der Waals surface area contributed by atoms with Crippen molar-refractivity contribution in [1.82, 2.24) is 4.57 Å². The van der Waals surface area contributed by atoms with Gasteiger partial charge in [-0.05, 0) is 42.3 Å². The molecule has 1 N–H and O–H groups in total. The predicted molar refractivity (Wildman–Crippen MR) is 75.4 cm³/mol. The van der Waals surface area contributed by atoms with Gasteiger partial charge in [-0.25, -0.2) is 0 Å². The molecule has 1 heterocycles. The van der Waals surface area contributed by atoms with Crippen molar-refractivity contribution in [2.75, 3.05) is 0 Å². The molecule has 1 aliphatic rings. The van der Waals surface area contributed by atoms with E-state index >= 15 is 0 Å². The van der Waals surface area contributed by atoms with Gasteiger partial charge in [0.1, 0.15) is 0 Å². The molecule has 0 saturated heterocycles. The van der Waals surface area contributed by atoms with Crippen molar-refractivity contribution in [1.29, 1.82) is 0 Å². The zero-order valence-corrected chi connectivity index (χ0v) is 11.0. The molecule has 0 atom stereocenters. The molecular formula is C16H19NO2. The lowest BCUT2D eigenvalue weighted by molar-refractivity contribution is -0.136. The van der Waals surface area contributed by atoms with Crippen LogP contribution in [0.3, 0.4) is 0 Å². The third-order valence-corrected chi connectivity index (χ3v) is 4.13. The first-order valence-electron chi connectivity index (χ1n) is 7.05. The summed E-state index contributed by atoms with van der Waals surface area (Å²) < 4.78 is 2.38. The third-order valence-electron chi connectivity index (χ3n) is 4.13. The number of carboxylic acid groups (broad SMARTS) is 1.